The maximum atomic E-state index is 14.1. The quantitative estimate of drug-likeness (QED) is 0.0216. The molecule has 0 aromatic carbocycles. The number of hydrogen-bond acceptors (Lipinski definition) is 16. The number of esters is 3. The van der Waals surface area contributed by atoms with E-state index in [9.17, 15) is 38.7 Å². The molecule has 0 spiro atoms. The van der Waals surface area contributed by atoms with Crippen molar-refractivity contribution >= 4 is 41.9 Å². The van der Waals surface area contributed by atoms with Gasteiger partial charge in [0.1, 0.15) is 38.4 Å². The summed E-state index contributed by atoms with van der Waals surface area (Å²) in [6.45, 7) is 14.4. The number of nitrogens with one attached hydrogen (secondary N) is 4. The van der Waals surface area contributed by atoms with E-state index in [4.69, 9.17) is 28.4 Å². The zero-order chi connectivity index (χ0) is 60.6. The summed E-state index contributed by atoms with van der Waals surface area (Å²) in [5.41, 5.74) is -3.98. The Morgan fingerprint density at radius 2 is 0.815 bits per heavy atom. The van der Waals surface area contributed by atoms with Gasteiger partial charge in [0.05, 0.1) is 30.0 Å². The summed E-state index contributed by atoms with van der Waals surface area (Å²) in [5.74, 6) is -2.87. The van der Waals surface area contributed by atoms with Gasteiger partial charge in [-0.1, -0.05) is 124 Å². The second kappa shape index (κ2) is 48.1. The highest BCUT2D eigenvalue weighted by Gasteiger charge is 2.42. The summed E-state index contributed by atoms with van der Waals surface area (Å²) in [5, 5.41) is 21.0. The Hall–Kier alpha value is -4.27. The molecule has 0 aromatic rings. The lowest BCUT2D eigenvalue weighted by Gasteiger charge is -2.34. The zero-order valence-corrected chi connectivity index (χ0v) is 52.5. The van der Waals surface area contributed by atoms with Gasteiger partial charge < -0.3 is 64.6 Å². The fourth-order valence-corrected chi connectivity index (χ4v) is 8.64. The van der Waals surface area contributed by atoms with Gasteiger partial charge in [0.25, 0.3) is 0 Å². The Labute approximate surface area is 489 Å². The van der Waals surface area contributed by atoms with Crippen molar-refractivity contribution < 1.29 is 67.1 Å². The van der Waals surface area contributed by atoms with Crippen LogP contribution in [0.1, 0.15) is 209 Å². The smallest absolute Gasteiger partial charge is 0.407 e. The Morgan fingerprint density at radius 1 is 0.457 bits per heavy atom. The molecule has 0 aliphatic rings. The molecule has 5 N–H and O–H groups in total. The van der Waals surface area contributed by atoms with Gasteiger partial charge in [-0.2, -0.15) is 0 Å². The van der Waals surface area contributed by atoms with E-state index >= 15 is 0 Å². The van der Waals surface area contributed by atoms with Gasteiger partial charge in [0.15, 0.2) is 0 Å². The molecule has 474 valence electrons. The molecule has 0 aliphatic carbocycles. The highest BCUT2D eigenvalue weighted by Crippen LogP contribution is 2.29. The van der Waals surface area contributed by atoms with Crippen LogP contribution in [0, 0.1) is 22.2 Å². The van der Waals surface area contributed by atoms with Crippen LogP contribution < -0.4 is 21.3 Å². The van der Waals surface area contributed by atoms with Crippen molar-refractivity contribution in [3.63, 3.8) is 0 Å². The first kappa shape index (κ1) is 76.7. The Bertz CT molecular complexity index is 1690. The summed E-state index contributed by atoms with van der Waals surface area (Å²) in [4.78, 5) is 94.7. The second-order valence-corrected chi connectivity index (χ2v) is 23.5. The molecule has 0 bridgehead atoms. The standard InChI is InChI=1S/C61H116N6O14/c1-11-14-16-17-18-19-20-21-22-23-24-25-26-27-29-35-53(70)63-37-31-41-67(9)43-33-39-65-58(75)81-47-60(7,46-80-57(74)64-38-32-42-66(8)40-30-36-62-52(69)34-28-15-12-2)56(73)79-50-61(13-3,48-77-54(71)51(4)44-68)49-78-55(72)59(5,6)45-76-10/h51,68H,11-50H2,1-10H3,(H,62,69)(H,63,70)(H,64,74)(H,65,75). The number of hydrogen-bond donors (Lipinski definition) is 5. The predicted molar refractivity (Wildman–Crippen MR) is 317 cm³/mol. The van der Waals surface area contributed by atoms with Crippen molar-refractivity contribution in [1.82, 2.24) is 31.1 Å². The van der Waals surface area contributed by atoms with E-state index < -0.39 is 78.7 Å². The average Bonchev–Trinajstić information content (AvgIpc) is 3.44. The van der Waals surface area contributed by atoms with Gasteiger partial charge in [0.2, 0.25) is 11.8 Å². The zero-order valence-electron chi connectivity index (χ0n) is 52.5. The first-order chi connectivity index (χ1) is 38.7. The molecule has 0 heterocycles. The Balaban J connectivity index is 5.28. The molecule has 3 unspecified atom stereocenters. The lowest BCUT2D eigenvalue weighted by atomic mass is 9.87. The van der Waals surface area contributed by atoms with Crippen molar-refractivity contribution in [2.75, 3.05) is 120 Å². The third-order valence-corrected chi connectivity index (χ3v) is 14.6. The largest absolute Gasteiger partial charge is 0.465 e. The van der Waals surface area contributed by atoms with Gasteiger partial charge in [0, 0.05) is 46.1 Å². The summed E-state index contributed by atoms with van der Waals surface area (Å²) >= 11 is 0. The van der Waals surface area contributed by atoms with Gasteiger partial charge in [-0.3, -0.25) is 24.0 Å². The van der Waals surface area contributed by atoms with Crippen molar-refractivity contribution in [2.45, 2.75) is 209 Å². The average molecular weight is 1160 g/mol. The number of unbranched alkanes of at least 4 members (excludes halogenated alkanes) is 16. The third-order valence-electron chi connectivity index (χ3n) is 14.6. The molecule has 0 fully saturated rings. The van der Waals surface area contributed by atoms with Crippen LogP contribution in [-0.4, -0.2) is 177 Å². The van der Waals surface area contributed by atoms with E-state index in [1.807, 2.05) is 14.1 Å². The summed E-state index contributed by atoms with van der Waals surface area (Å²) in [6.07, 6.45) is 24.8. The molecule has 20 heteroatoms. The number of ether oxygens (including phenoxy) is 6. The molecule has 0 saturated carbocycles. The fraction of sp³-hybridized carbons (Fsp3) is 0.885. The first-order valence-corrected chi connectivity index (χ1v) is 31.1. The van der Waals surface area contributed by atoms with Crippen molar-refractivity contribution in [1.29, 1.82) is 0 Å². The number of carbonyl (C=O) groups is 7. The normalized spacial score (nSPS) is 13.4. The number of amides is 4. The number of nitrogens with zero attached hydrogens (tertiary/aromatic N) is 2. The van der Waals surface area contributed by atoms with E-state index in [2.05, 4.69) is 44.9 Å². The molecule has 3 atom stereocenters. The van der Waals surface area contributed by atoms with Crippen molar-refractivity contribution in [3.8, 4) is 0 Å². The van der Waals surface area contributed by atoms with E-state index in [0.717, 1.165) is 58.0 Å². The van der Waals surface area contributed by atoms with Crippen LogP contribution in [0.15, 0.2) is 0 Å². The first-order valence-electron chi connectivity index (χ1n) is 31.1. The molecule has 0 aliphatic heterocycles. The van der Waals surface area contributed by atoms with E-state index in [1.165, 1.54) is 104 Å². The van der Waals surface area contributed by atoms with Crippen LogP contribution in [0.3, 0.4) is 0 Å². The van der Waals surface area contributed by atoms with Gasteiger partial charge >= 0.3 is 30.1 Å². The second-order valence-electron chi connectivity index (χ2n) is 23.5. The number of rotatable bonds is 53. The van der Waals surface area contributed by atoms with E-state index in [-0.39, 0.29) is 51.1 Å². The predicted octanol–water partition coefficient (Wildman–Crippen LogP) is 9.27. The summed E-state index contributed by atoms with van der Waals surface area (Å²) in [7, 11) is 5.39. The molecule has 20 nitrogen and oxygen atoms in total. The minimum Gasteiger partial charge on any atom is -0.465 e. The monoisotopic (exact) mass is 1160 g/mol. The van der Waals surface area contributed by atoms with Crippen molar-refractivity contribution in [2.24, 2.45) is 22.2 Å². The van der Waals surface area contributed by atoms with Gasteiger partial charge in [-0.15, -0.1) is 0 Å². The summed E-state index contributed by atoms with van der Waals surface area (Å²) < 4.78 is 33.4. The van der Waals surface area contributed by atoms with Crippen LogP contribution in [0.4, 0.5) is 9.59 Å². The topological polar surface area (TPSA) is 250 Å². The minimum atomic E-state index is -1.72. The molecular formula is C61H116N6O14. The lowest BCUT2D eigenvalue weighted by Crippen LogP contribution is -2.46. The van der Waals surface area contributed by atoms with E-state index in [0.29, 0.717) is 51.9 Å². The van der Waals surface area contributed by atoms with Gasteiger partial charge in [-0.05, 0) is 113 Å². The van der Waals surface area contributed by atoms with Crippen LogP contribution in [-0.2, 0) is 52.4 Å². The number of methoxy groups -OCH3 is 1. The maximum absolute atomic E-state index is 14.1. The molecule has 4 amide bonds. The van der Waals surface area contributed by atoms with E-state index in [1.54, 1.807) is 20.8 Å². The fourth-order valence-electron chi connectivity index (χ4n) is 8.64. The van der Waals surface area contributed by atoms with Crippen LogP contribution in [0.5, 0.6) is 0 Å². The Kier molecular flexibility index (Phi) is 45.6. The Morgan fingerprint density at radius 3 is 1.21 bits per heavy atom. The van der Waals surface area contributed by atoms with Crippen LogP contribution in [0.2, 0.25) is 0 Å². The molecule has 81 heavy (non-hydrogen) atoms. The molecule has 0 saturated heterocycles. The van der Waals surface area contributed by atoms with Gasteiger partial charge in [-0.25, -0.2) is 9.59 Å². The highest BCUT2D eigenvalue weighted by atomic mass is 16.6. The number of aliphatic hydroxyl groups excluding tert-OH is 1. The number of aliphatic hydroxyl groups is 1. The highest BCUT2D eigenvalue weighted by molar-refractivity contribution is 5.79. The SMILES string of the molecule is CCCCCCCCCCCCCCCCCC(=O)NCCCN(C)CCCNC(=O)OCC(C)(COC(=O)NCCCN(C)CCCNC(=O)CCCCC)C(=O)OCC(CC)(COC(=O)C(C)CO)COC(=O)C(C)(C)COC. The molecule has 0 aromatic heterocycles. The van der Waals surface area contributed by atoms with Crippen LogP contribution >= 0.6 is 0 Å². The minimum absolute atomic E-state index is 0.0658. The third kappa shape index (κ3) is 40.6. The number of alkyl carbamates (subject to hydrolysis) is 2. The molecule has 0 radical (unpaired) electrons. The molecular weight excluding hydrogens is 1040 g/mol. The maximum Gasteiger partial charge on any atom is 0.407 e. The molecule has 0 rings (SSSR count). The number of carbonyl (C=O) groups excluding carboxylic acids is 7. The summed E-state index contributed by atoms with van der Waals surface area (Å²) in [6, 6.07) is 0. The lowest BCUT2D eigenvalue weighted by molar-refractivity contribution is -0.175. The van der Waals surface area contributed by atoms with Crippen LogP contribution in [0.25, 0.3) is 0 Å². The van der Waals surface area contributed by atoms with Crippen molar-refractivity contribution in [3.05, 3.63) is 0 Å².